The van der Waals surface area contributed by atoms with Gasteiger partial charge in [-0.2, -0.15) is 0 Å². The molecule has 1 atom stereocenters. The molecule has 0 bridgehead atoms. The molecule has 1 saturated heterocycles. The number of aryl methyl sites for hydroxylation is 1. The van der Waals surface area contributed by atoms with Crippen molar-refractivity contribution < 1.29 is 0 Å². The smallest absolute Gasteiger partial charge is 0.111 e. The van der Waals surface area contributed by atoms with E-state index in [9.17, 15) is 0 Å². The zero-order chi connectivity index (χ0) is 12.3. The van der Waals surface area contributed by atoms with E-state index >= 15 is 0 Å². The van der Waals surface area contributed by atoms with Gasteiger partial charge in [0.05, 0.1) is 11.7 Å². The average Bonchev–Trinajstić information content (AvgIpc) is 2.78. The van der Waals surface area contributed by atoms with Gasteiger partial charge in [0.25, 0.3) is 0 Å². The summed E-state index contributed by atoms with van der Waals surface area (Å²) in [5, 5.41) is 3.44. The van der Waals surface area contributed by atoms with Crippen LogP contribution in [0, 0.1) is 0 Å². The second-order valence-electron chi connectivity index (χ2n) is 4.73. The maximum Gasteiger partial charge on any atom is 0.111 e. The van der Waals surface area contributed by atoms with Crippen molar-refractivity contribution in [1.29, 1.82) is 0 Å². The number of piperazine rings is 1. The minimum absolute atomic E-state index is 0.462. The summed E-state index contributed by atoms with van der Waals surface area (Å²) in [4.78, 5) is 9.53. The van der Waals surface area contributed by atoms with Gasteiger partial charge in [-0.05, 0) is 26.9 Å². The van der Waals surface area contributed by atoms with Gasteiger partial charge < -0.3 is 4.90 Å². The lowest BCUT2D eigenvalue weighted by atomic mass is 10.2. The topological polar surface area (TPSA) is 19.4 Å². The van der Waals surface area contributed by atoms with E-state index in [0.717, 1.165) is 38.4 Å². The van der Waals surface area contributed by atoms with E-state index in [1.807, 2.05) is 0 Å². The second-order valence-corrected chi connectivity index (χ2v) is 6.00. The lowest BCUT2D eigenvalue weighted by Gasteiger charge is -2.36. The van der Waals surface area contributed by atoms with Crippen LogP contribution in [-0.4, -0.2) is 54.4 Å². The summed E-state index contributed by atoms with van der Waals surface area (Å²) in [5.74, 6) is 0.721. The highest BCUT2D eigenvalue weighted by atomic mass is 35.5. The van der Waals surface area contributed by atoms with Crippen molar-refractivity contribution >= 4 is 22.9 Å². The fourth-order valence-corrected chi connectivity index (χ4v) is 3.26. The predicted octanol–water partition coefficient (Wildman–Crippen LogP) is 2.23. The van der Waals surface area contributed by atoms with Gasteiger partial charge in [-0.3, -0.25) is 4.90 Å². The molecular weight excluding hydrogens is 254 g/mol. The van der Waals surface area contributed by atoms with Crippen molar-refractivity contribution in [2.75, 3.05) is 39.6 Å². The Morgan fingerprint density at radius 3 is 3.06 bits per heavy atom. The van der Waals surface area contributed by atoms with Gasteiger partial charge in [0, 0.05) is 30.9 Å². The van der Waals surface area contributed by atoms with E-state index < -0.39 is 0 Å². The molecule has 3 nitrogen and oxygen atoms in total. The molecule has 0 radical (unpaired) electrons. The Balaban J connectivity index is 2.02. The van der Waals surface area contributed by atoms with Crippen LogP contribution in [0.2, 0.25) is 0 Å². The summed E-state index contributed by atoms with van der Waals surface area (Å²) < 4.78 is 0. The largest absolute Gasteiger partial charge is 0.303 e. The molecule has 0 aromatic carbocycles. The summed E-state index contributed by atoms with van der Waals surface area (Å²) in [6.07, 6.45) is 2.03. The van der Waals surface area contributed by atoms with E-state index in [1.165, 1.54) is 10.7 Å². The van der Waals surface area contributed by atoms with Gasteiger partial charge in [0.1, 0.15) is 5.01 Å². The number of rotatable bonds is 4. The molecule has 0 saturated carbocycles. The molecule has 17 heavy (non-hydrogen) atoms. The Hall–Kier alpha value is -0.160. The number of hydrogen-bond donors (Lipinski definition) is 0. The van der Waals surface area contributed by atoms with Crippen LogP contribution in [0.1, 0.15) is 23.2 Å². The van der Waals surface area contributed by atoms with Crippen LogP contribution in [-0.2, 0) is 6.42 Å². The Bertz CT molecular complexity index is 355. The molecule has 1 unspecified atom stereocenters. The molecule has 1 fully saturated rings. The van der Waals surface area contributed by atoms with E-state index in [0.29, 0.717) is 6.04 Å². The third kappa shape index (κ3) is 3.41. The van der Waals surface area contributed by atoms with Crippen molar-refractivity contribution in [2.45, 2.75) is 18.9 Å². The Kier molecular flexibility index (Phi) is 4.79. The van der Waals surface area contributed by atoms with Crippen LogP contribution in [0.25, 0.3) is 0 Å². The quantitative estimate of drug-likeness (QED) is 0.785. The Labute approximate surface area is 112 Å². The molecule has 1 aliphatic heterocycles. The summed E-state index contributed by atoms with van der Waals surface area (Å²) in [6.45, 7) is 3.36. The van der Waals surface area contributed by atoms with Crippen LogP contribution in [0.5, 0.6) is 0 Å². The first-order valence-electron chi connectivity index (χ1n) is 6.09. The molecule has 96 valence electrons. The molecule has 1 aromatic heterocycles. The number of thiazole rings is 1. The SMILES string of the molecule is CN1CCN(C)C(c2nc(CCCCl)cs2)C1. The van der Waals surface area contributed by atoms with Gasteiger partial charge >= 0.3 is 0 Å². The summed E-state index contributed by atoms with van der Waals surface area (Å²) in [5.41, 5.74) is 1.20. The molecule has 2 heterocycles. The Morgan fingerprint density at radius 1 is 1.47 bits per heavy atom. The fourth-order valence-electron chi connectivity index (χ4n) is 2.12. The summed E-state index contributed by atoms with van der Waals surface area (Å²) in [7, 11) is 4.37. The van der Waals surface area contributed by atoms with Gasteiger partial charge in [-0.25, -0.2) is 4.98 Å². The van der Waals surface area contributed by atoms with Crippen LogP contribution in [0.4, 0.5) is 0 Å². The van der Waals surface area contributed by atoms with Crippen molar-refractivity contribution in [1.82, 2.24) is 14.8 Å². The van der Waals surface area contributed by atoms with Gasteiger partial charge in [0.15, 0.2) is 0 Å². The standard InChI is InChI=1S/C12H20ClN3S/c1-15-6-7-16(2)11(8-15)12-14-10(9-17-12)4-3-5-13/h9,11H,3-8H2,1-2H3. The molecular formula is C12H20ClN3S. The lowest BCUT2D eigenvalue weighted by Crippen LogP contribution is -2.44. The van der Waals surface area contributed by atoms with Crippen molar-refractivity contribution in [2.24, 2.45) is 0 Å². The number of likely N-dealkylation sites (N-methyl/N-ethyl adjacent to an activating group) is 2. The van der Waals surface area contributed by atoms with Crippen LogP contribution in [0.3, 0.4) is 0 Å². The minimum atomic E-state index is 0.462. The maximum absolute atomic E-state index is 5.71. The van der Waals surface area contributed by atoms with Gasteiger partial charge in [0.2, 0.25) is 0 Å². The van der Waals surface area contributed by atoms with E-state index in [2.05, 4.69) is 29.3 Å². The van der Waals surface area contributed by atoms with Gasteiger partial charge in [-0.15, -0.1) is 22.9 Å². The zero-order valence-electron chi connectivity index (χ0n) is 10.5. The van der Waals surface area contributed by atoms with Crippen LogP contribution < -0.4 is 0 Å². The minimum Gasteiger partial charge on any atom is -0.303 e. The first-order valence-corrected chi connectivity index (χ1v) is 7.51. The number of aromatic nitrogens is 1. The third-order valence-electron chi connectivity index (χ3n) is 3.27. The molecule has 0 spiro atoms. The summed E-state index contributed by atoms with van der Waals surface area (Å²) in [6, 6.07) is 0.462. The van der Waals surface area contributed by atoms with E-state index in [4.69, 9.17) is 16.6 Å². The normalized spacial score (nSPS) is 23.1. The molecule has 2 rings (SSSR count). The molecule has 1 aromatic rings. The van der Waals surface area contributed by atoms with Crippen LogP contribution >= 0.6 is 22.9 Å². The molecule has 0 aliphatic carbocycles. The number of alkyl halides is 1. The monoisotopic (exact) mass is 273 g/mol. The highest BCUT2D eigenvalue weighted by Gasteiger charge is 2.25. The lowest BCUT2D eigenvalue weighted by molar-refractivity contribution is 0.115. The zero-order valence-corrected chi connectivity index (χ0v) is 12.1. The molecule has 5 heteroatoms. The number of nitrogens with zero attached hydrogens (tertiary/aromatic N) is 3. The fraction of sp³-hybridized carbons (Fsp3) is 0.750. The highest BCUT2D eigenvalue weighted by molar-refractivity contribution is 7.09. The van der Waals surface area contributed by atoms with Crippen molar-refractivity contribution in [3.63, 3.8) is 0 Å². The molecule has 0 amide bonds. The average molecular weight is 274 g/mol. The third-order valence-corrected chi connectivity index (χ3v) is 4.53. The predicted molar refractivity (Wildman–Crippen MR) is 74.0 cm³/mol. The van der Waals surface area contributed by atoms with E-state index in [-0.39, 0.29) is 0 Å². The Morgan fingerprint density at radius 2 is 2.29 bits per heavy atom. The first kappa shape index (κ1) is 13.3. The molecule has 0 N–H and O–H groups in total. The maximum atomic E-state index is 5.71. The highest BCUT2D eigenvalue weighted by Crippen LogP contribution is 2.26. The second kappa shape index (κ2) is 6.14. The van der Waals surface area contributed by atoms with Gasteiger partial charge in [-0.1, -0.05) is 0 Å². The van der Waals surface area contributed by atoms with Crippen LogP contribution in [0.15, 0.2) is 5.38 Å². The van der Waals surface area contributed by atoms with Crippen molar-refractivity contribution in [3.05, 3.63) is 16.1 Å². The molecule has 1 aliphatic rings. The summed E-state index contributed by atoms with van der Waals surface area (Å²) >= 11 is 7.50. The first-order chi connectivity index (χ1) is 8.20. The van der Waals surface area contributed by atoms with Crippen molar-refractivity contribution in [3.8, 4) is 0 Å². The number of halogens is 1. The van der Waals surface area contributed by atoms with E-state index in [1.54, 1.807) is 11.3 Å². The number of hydrogen-bond acceptors (Lipinski definition) is 4.